The summed E-state index contributed by atoms with van der Waals surface area (Å²) in [5, 5.41) is 0. The first-order chi connectivity index (χ1) is 7.88. The highest BCUT2D eigenvalue weighted by molar-refractivity contribution is 6.19. The first-order valence-corrected chi connectivity index (χ1v) is 6.51. The third-order valence-corrected chi connectivity index (χ3v) is 3.76. The largest absolute Gasteiger partial charge is 0.341 e. The minimum absolute atomic E-state index is 0.0312. The Morgan fingerprint density at radius 3 is 2.29 bits per heavy atom. The minimum atomic E-state index is -0.610. The third kappa shape index (κ3) is 3.60. The van der Waals surface area contributed by atoms with Crippen molar-refractivity contribution in [3.63, 3.8) is 0 Å². The van der Waals surface area contributed by atoms with Gasteiger partial charge in [0, 0.05) is 26.0 Å². The molecule has 0 radical (unpaired) electrons. The third-order valence-electron chi connectivity index (χ3n) is 3.09. The SMILES string of the molecule is CN(CC(=O)N1CCCC1)C(=O)C(C)(C)CCl. The van der Waals surface area contributed by atoms with Crippen LogP contribution in [0.4, 0.5) is 0 Å². The lowest BCUT2D eigenvalue weighted by Crippen LogP contribution is -2.45. The maximum Gasteiger partial charge on any atom is 0.242 e. The monoisotopic (exact) mass is 260 g/mol. The van der Waals surface area contributed by atoms with Crippen LogP contribution in [0.3, 0.4) is 0 Å². The van der Waals surface area contributed by atoms with Gasteiger partial charge in [0.15, 0.2) is 0 Å². The summed E-state index contributed by atoms with van der Waals surface area (Å²) >= 11 is 5.75. The van der Waals surface area contributed by atoms with Gasteiger partial charge in [0.1, 0.15) is 0 Å². The molecule has 1 aliphatic heterocycles. The fourth-order valence-electron chi connectivity index (χ4n) is 1.92. The lowest BCUT2D eigenvalue weighted by molar-refractivity contribution is -0.143. The molecule has 2 amide bonds. The van der Waals surface area contributed by atoms with E-state index in [2.05, 4.69) is 0 Å². The van der Waals surface area contributed by atoms with Gasteiger partial charge in [-0.25, -0.2) is 0 Å². The molecule has 0 bridgehead atoms. The molecule has 0 saturated carbocycles. The van der Waals surface area contributed by atoms with Crippen LogP contribution in [0.2, 0.25) is 0 Å². The van der Waals surface area contributed by atoms with Crippen molar-refractivity contribution in [2.75, 3.05) is 32.6 Å². The van der Waals surface area contributed by atoms with E-state index in [1.807, 2.05) is 4.90 Å². The molecule has 0 atom stereocenters. The molecule has 0 N–H and O–H groups in total. The molecule has 4 nitrogen and oxygen atoms in total. The standard InChI is InChI=1S/C12H21ClN2O2/c1-12(2,9-13)11(17)14(3)8-10(16)15-6-4-5-7-15/h4-9H2,1-3H3. The average Bonchev–Trinajstić information content (AvgIpc) is 2.81. The van der Waals surface area contributed by atoms with E-state index in [-0.39, 0.29) is 24.2 Å². The summed E-state index contributed by atoms with van der Waals surface area (Å²) in [5.41, 5.74) is -0.610. The predicted molar refractivity (Wildman–Crippen MR) is 68.0 cm³/mol. The van der Waals surface area contributed by atoms with Crippen LogP contribution in [-0.2, 0) is 9.59 Å². The molecule has 1 saturated heterocycles. The van der Waals surface area contributed by atoms with Crippen LogP contribution in [0.1, 0.15) is 26.7 Å². The lowest BCUT2D eigenvalue weighted by Gasteiger charge is -2.28. The van der Waals surface area contributed by atoms with E-state index in [9.17, 15) is 9.59 Å². The van der Waals surface area contributed by atoms with Crippen molar-refractivity contribution in [2.24, 2.45) is 5.41 Å². The summed E-state index contributed by atoms with van der Waals surface area (Å²) in [6, 6.07) is 0. The molecule has 1 fully saturated rings. The number of halogens is 1. The van der Waals surface area contributed by atoms with Crippen molar-refractivity contribution in [3.8, 4) is 0 Å². The number of likely N-dealkylation sites (N-methyl/N-ethyl adjacent to an activating group) is 1. The Morgan fingerprint density at radius 1 is 1.29 bits per heavy atom. The van der Waals surface area contributed by atoms with Crippen LogP contribution in [0, 0.1) is 5.41 Å². The smallest absolute Gasteiger partial charge is 0.242 e. The zero-order valence-electron chi connectivity index (χ0n) is 10.8. The van der Waals surface area contributed by atoms with Crippen molar-refractivity contribution in [1.29, 1.82) is 0 Å². The number of amides is 2. The number of carbonyl (C=O) groups is 2. The van der Waals surface area contributed by atoms with Crippen LogP contribution in [-0.4, -0.2) is 54.2 Å². The predicted octanol–water partition coefficient (Wildman–Crippen LogP) is 1.33. The molecule has 1 heterocycles. The summed E-state index contributed by atoms with van der Waals surface area (Å²) in [4.78, 5) is 27.2. The summed E-state index contributed by atoms with van der Waals surface area (Å²) in [7, 11) is 1.66. The molecule has 0 spiro atoms. The summed E-state index contributed by atoms with van der Waals surface area (Å²) in [6.07, 6.45) is 2.13. The van der Waals surface area contributed by atoms with Gasteiger partial charge in [-0.05, 0) is 26.7 Å². The van der Waals surface area contributed by atoms with Gasteiger partial charge in [-0.2, -0.15) is 0 Å². The number of carbonyl (C=O) groups excluding carboxylic acids is 2. The fraction of sp³-hybridized carbons (Fsp3) is 0.833. The van der Waals surface area contributed by atoms with Crippen molar-refractivity contribution in [2.45, 2.75) is 26.7 Å². The Labute approximate surface area is 108 Å². The van der Waals surface area contributed by atoms with E-state index in [1.54, 1.807) is 20.9 Å². The van der Waals surface area contributed by atoms with Crippen LogP contribution in [0.5, 0.6) is 0 Å². The molecule has 1 rings (SSSR count). The average molecular weight is 261 g/mol. The fourth-order valence-corrected chi connectivity index (χ4v) is 2.03. The number of hydrogen-bond acceptors (Lipinski definition) is 2. The van der Waals surface area contributed by atoms with Crippen LogP contribution in [0.15, 0.2) is 0 Å². The maximum absolute atomic E-state index is 12.0. The van der Waals surface area contributed by atoms with Gasteiger partial charge in [-0.3, -0.25) is 9.59 Å². The highest BCUT2D eigenvalue weighted by Crippen LogP contribution is 2.20. The topological polar surface area (TPSA) is 40.6 Å². The Morgan fingerprint density at radius 2 is 1.82 bits per heavy atom. The first kappa shape index (κ1) is 14.3. The molecular formula is C12H21ClN2O2. The second-order valence-electron chi connectivity index (χ2n) is 5.27. The Hall–Kier alpha value is -0.770. The Balaban J connectivity index is 2.50. The van der Waals surface area contributed by atoms with Crippen molar-refractivity contribution >= 4 is 23.4 Å². The Kier molecular flexibility index (Phi) is 4.80. The molecule has 17 heavy (non-hydrogen) atoms. The van der Waals surface area contributed by atoms with Crippen LogP contribution < -0.4 is 0 Å². The Bertz CT molecular complexity index is 299. The molecular weight excluding hydrogens is 240 g/mol. The van der Waals surface area contributed by atoms with Crippen molar-refractivity contribution < 1.29 is 9.59 Å². The summed E-state index contributed by atoms with van der Waals surface area (Å²) in [6.45, 7) is 5.37. The number of hydrogen-bond donors (Lipinski definition) is 0. The molecule has 5 heteroatoms. The van der Waals surface area contributed by atoms with Gasteiger partial charge in [-0.1, -0.05) is 0 Å². The zero-order chi connectivity index (χ0) is 13.1. The lowest BCUT2D eigenvalue weighted by atomic mass is 9.94. The van der Waals surface area contributed by atoms with E-state index in [4.69, 9.17) is 11.6 Å². The second-order valence-corrected chi connectivity index (χ2v) is 5.53. The van der Waals surface area contributed by atoms with E-state index in [0.29, 0.717) is 0 Å². The van der Waals surface area contributed by atoms with Crippen LogP contribution in [0.25, 0.3) is 0 Å². The minimum Gasteiger partial charge on any atom is -0.341 e. The van der Waals surface area contributed by atoms with Gasteiger partial charge >= 0.3 is 0 Å². The van der Waals surface area contributed by atoms with E-state index >= 15 is 0 Å². The van der Waals surface area contributed by atoms with Gasteiger partial charge in [0.25, 0.3) is 0 Å². The van der Waals surface area contributed by atoms with Crippen LogP contribution >= 0.6 is 11.6 Å². The summed E-state index contributed by atoms with van der Waals surface area (Å²) < 4.78 is 0. The highest BCUT2D eigenvalue weighted by Gasteiger charge is 2.31. The van der Waals surface area contributed by atoms with Gasteiger partial charge < -0.3 is 9.80 Å². The van der Waals surface area contributed by atoms with Gasteiger partial charge in [0.05, 0.1) is 12.0 Å². The van der Waals surface area contributed by atoms with E-state index in [0.717, 1.165) is 25.9 Å². The van der Waals surface area contributed by atoms with Gasteiger partial charge in [0.2, 0.25) is 11.8 Å². The quantitative estimate of drug-likeness (QED) is 0.716. The van der Waals surface area contributed by atoms with E-state index < -0.39 is 5.41 Å². The van der Waals surface area contributed by atoms with Gasteiger partial charge in [-0.15, -0.1) is 11.6 Å². The first-order valence-electron chi connectivity index (χ1n) is 5.98. The van der Waals surface area contributed by atoms with E-state index in [1.165, 1.54) is 4.90 Å². The molecule has 0 aromatic carbocycles. The number of rotatable bonds is 4. The van der Waals surface area contributed by atoms with Crippen molar-refractivity contribution in [1.82, 2.24) is 9.80 Å². The highest BCUT2D eigenvalue weighted by atomic mass is 35.5. The molecule has 0 aliphatic carbocycles. The molecule has 0 aromatic heterocycles. The van der Waals surface area contributed by atoms with Crippen molar-refractivity contribution in [3.05, 3.63) is 0 Å². The molecule has 0 aromatic rings. The number of nitrogens with zero attached hydrogens (tertiary/aromatic N) is 2. The molecule has 0 unspecified atom stereocenters. The number of alkyl halides is 1. The number of likely N-dealkylation sites (tertiary alicyclic amines) is 1. The maximum atomic E-state index is 12.0. The molecule has 98 valence electrons. The molecule has 1 aliphatic rings. The second kappa shape index (κ2) is 5.71. The summed E-state index contributed by atoms with van der Waals surface area (Å²) in [5.74, 6) is 0.206. The normalized spacial score (nSPS) is 16.1. The zero-order valence-corrected chi connectivity index (χ0v) is 11.6.